The Hall–Kier alpha value is -1.14. The molecular formula is C12H15BrN4S. The maximum absolute atomic E-state index is 4.45. The van der Waals surface area contributed by atoms with Gasteiger partial charge in [0.25, 0.3) is 0 Å². The normalized spacial score (nSPS) is 10.4. The smallest absolute Gasteiger partial charge is 0.224 e. The Labute approximate surface area is 119 Å². The first kappa shape index (κ1) is 13.3. The van der Waals surface area contributed by atoms with Crippen molar-refractivity contribution in [2.75, 3.05) is 30.9 Å². The van der Waals surface area contributed by atoms with Crippen LogP contribution in [0.25, 0.3) is 0 Å². The van der Waals surface area contributed by atoms with E-state index in [9.17, 15) is 0 Å². The highest BCUT2D eigenvalue weighted by atomic mass is 79.9. The molecule has 96 valence electrons. The fraction of sp³-hybridized carbons (Fsp3) is 0.333. The molecule has 2 rings (SSSR count). The predicted octanol–water partition coefficient (Wildman–Crippen LogP) is 3.02. The quantitative estimate of drug-likeness (QED) is 0.916. The molecule has 0 fully saturated rings. The molecule has 0 spiro atoms. The molecule has 0 amide bonds. The maximum atomic E-state index is 4.45. The van der Waals surface area contributed by atoms with E-state index in [1.54, 1.807) is 17.5 Å². The molecule has 0 aliphatic carbocycles. The average Bonchev–Trinajstić information content (AvgIpc) is 2.89. The third kappa shape index (κ3) is 3.20. The van der Waals surface area contributed by atoms with E-state index >= 15 is 0 Å². The lowest BCUT2D eigenvalue weighted by Gasteiger charge is -2.19. The molecule has 0 atom stereocenters. The third-order valence-corrected chi connectivity index (χ3v) is 4.08. The zero-order chi connectivity index (χ0) is 13.0. The standard InChI is InChI=1S/C12H15BrN4S/c1-14-12-15-8-10(13)11(16-12)17(2)6-5-9-4-3-7-18-9/h3-4,7-8H,5-6H2,1-2H3,(H,14,15,16). The second-order valence-corrected chi connectivity index (χ2v) is 5.75. The minimum absolute atomic E-state index is 0.635. The molecule has 2 aromatic rings. The highest BCUT2D eigenvalue weighted by Crippen LogP contribution is 2.23. The van der Waals surface area contributed by atoms with Gasteiger partial charge < -0.3 is 10.2 Å². The zero-order valence-electron chi connectivity index (χ0n) is 10.4. The first-order chi connectivity index (χ1) is 8.70. The fourth-order valence-corrected chi connectivity index (χ4v) is 2.78. The Balaban J connectivity index is 2.05. The lowest BCUT2D eigenvalue weighted by atomic mass is 10.3. The number of likely N-dealkylation sites (N-methyl/N-ethyl adjacent to an activating group) is 1. The van der Waals surface area contributed by atoms with Crippen molar-refractivity contribution in [2.45, 2.75) is 6.42 Å². The Kier molecular flexibility index (Phi) is 4.54. The Bertz CT molecular complexity index is 501. The largest absolute Gasteiger partial charge is 0.358 e. The second kappa shape index (κ2) is 6.15. The number of thiophene rings is 1. The minimum Gasteiger partial charge on any atom is -0.358 e. The molecule has 2 aromatic heterocycles. The summed E-state index contributed by atoms with van der Waals surface area (Å²) in [7, 11) is 3.86. The van der Waals surface area contributed by atoms with Crippen LogP contribution in [0.1, 0.15) is 4.88 Å². The monoisotopic (exact) mass is 326 g/mol. The van der Waals surface area contributed by atoms with Crippen molar-refractivity contribution in [3.8, 4) is 0 Å². The molecule has 6 heteroatoms. The first-order valence-corrected chi connectivity index (χ1v) is 7.32. The van der Waals surface area contributed by atoms with E-state index in [1.165, 1.54) is 4.88 Å². The van der Waals surface area contributed by atoms with Crippen molar-refractivity contribution in [3.63, 3.8) is 0 Å². The van der Waals surface area contributed by atoms with Gasteiger partial charge in [-0.25, -0.2) is 4.98 Å². The van der Waals surface area contributed by atoms with Crippen molar-refractivity contribution in [2.24, 2.45) is 0 Å². The summed E-state index contributed by atoms with van der Waals surface area (Å²) >= 11 is 5.28. The van der Waals surface area contributed by atoms with Gasteiger partial charge in [-0.15, -0.1) is 11.3 Å². The number of halogens is 1. The van der Waals surface area contributed by atoms with Crippen molar-refractivity contribution in [1.82, 2.24) is 9.97 Å². The molecule has 1 N–H and O–H groups in total. The van der Waals surface area contributed by atoms with E-state index in [0.717, 1.165) is 23.3 Å². The molecule has 0 saturated heterocycles. The molecule has 0 radical (unpaired) electrons. The third-order valence-electron chi connectivity index (χ3n) is 2.58. The van der Waals surface area contributed by atoms with Crippen LogP contribution in [0.5, 0.6) is 0 Å². The number of anilines is 2. The van der Waals surface area contributed by atoms with Crippen LogP contribution in [0.3, 0.4) is 0 Å². The summed E-state index contributed by atoms with van der Waals surface area (Å²) in [5.74, 6) is 1.54. The summed E-state index contributed by atoms with van der Waals surface area (Å²) in [5.41, 5.74) is 0. The summed E-state index contributed by atoms with van der Waals surface area (Å²) in [4.78, 5) is 12.1. The van der Waals surface area contributed by atoms with Gasteiger partial charge in [-0.05, 0) is 33.8 Å². The number of hydrogen-bond acceptors (Lipinski definition) is 5. The molecular weight excluding hydrogens is 312 g/mol. The lowest BCUT2D eigenvalue weighted by Crippen LogP contribution is -2.22. The van der Waals surface area contributed by atoms with Gasteiger partial charge >= 0.3 is 0 Å². The van der Waals surface area contributed by atoms with Crippen molar-refractivity contribution < 1.29 is 0 Å². The predicted molar refractivity (Wildman–Crippen MR) is 80.6 cm³/mol. The molecule has 18 heavy (non-hydrogen) atoms. The summed E-state index contributed by atoms with van der Waals surface area (Å²) in [6.07, 6.45) is 2.80. The van der Waals surface area contributed by atoms with Crippen LogP contribution < -0.4 is 10.2 Å². The average molecular weight is 327 g/mol. The van der Waals surface area contributed by atoms with E-state index < -0.39 is 0 Å². The van der Waals surface area contributed by atoms with Gasteiger partial charge in [-0.2, -0.15) is 4.98 Å². The molecule has 0 saturated carbocycles. The van der Waals surface area contributed by atoms with E-state index in [2.05, 4.69) is 53.6 Å². The van der Waals surface area contributed by atoms with Crippen LogP contribution in [-0.2, 0) is 6.42 Å². The van der Waals surface area contributed by atoms with Crippen LogP contribution >= 0.6 is 27.3 Å². The van der Waals surface area contributed by atoms with Crippen LogP contribution in [-0.4, -0.2) is 30.6 Å². The van der Waals surface area contributed by atoms with Crippen molar-refractivity contribution in [3.05, 3.63) is 33.1 Å². The van der Waals surface area contributed by atoms with Gasteiger partial charge in [0.15, 0.2) is 0 Å². The molecule has 0 bridgehead atoms. The van der Waals surface area contributed by atoms with Gasteiger partial charge in [0.05, 0.1) is 4.47 Å². The second-order valence-electron chi connectivity index (χ2n) is 3.87. The number of nitrogens with zero attached hydrogens (tertiary/aromatic N) is 3. The van der Waals surface area contributed by atoms with Crippen molar-refractivity contribution in [1.29, 1.82) is 0 Å². The summed E-state index contributed by atoms with van der Waals surface area (Å²) in [6.45, 7) is 0.930. The molecule has 0 unspecified atom stereocenters. The molecule has 0 aromatic carbocycles. The van der Waals surface area contributed by atoms with Crippen LogP contribution in [0, 0.1) is 0 Å². The lowest BCUT2D eigenvalue weighted by molar-refractivity contribution is 0.862. The summed E-state index contributed by atoms with van der Waals surface area (Å²) < 4.78 is 0.912. The van der Waals surface area contributed by atoms with Crippen molar-refractivity contribution >= 4 is 39.0 Å². The topological polar surface area (TPSA) is 41.1 Å². The van der Waals surface area contributed by atoms with Gasteiger partial charge in [-0.3, -0.25) is 0 Å². The highest BCUT2D eigenvalue weighted by molar-refractivity contribution is 9.10. The van der Waals surface area contributed by atoms with Crippen LogP contribution in [0.2, 0.25) is 0 Å². The Morgan fingerprint density at radius 1 is 1.50 bits per heavy atom. The first-order valence-electron chi connectivity index (χ1n) is 5.64. The van der Waals surface area contributed by atoms with E-state index in [4.69, 9.17) is 0 Å². The number of aromatic nitrogens is 2. The van der Waals surface area contributed by atoms with Crippen LogP contribution in [0.15, 0.2) is 28.2 Å². The summed E-state index contributed by atoms with van der Waals surface area (Å²) in [6, 6.07) is 4.24. The number of nitrogens with one attached hydrogen (secondary N) is 1. The van der Waals surface area contributed by atoms with Gasteiger partial charge in [0.2, 0.25) is 5.95 Å². The molecule has 0 aliphatic heterocycles. The summed E-state index contributed by atoms with van der Waals surface area (Å²) in [5, 5.41) is 5.06. The molecule has 0 aliphatic rings. The maximum Gasteiger partial charge on any atom is 0.224 e. The minimum atomic E-state index is 0.635. The van der Waals surface area contributed by atoms with Crippen LogP contribution in [0.4, 0.5) is 11.8 Å². The highest BCUT2D eigenvalue weighted by Gasteiger charge is 2.09. The SMILES string of the molecule is CNc1ncc(Br)c(N(C)CCc2cccs2)n1. The number of rotatable bonds is 5. The Morgan fingerprint density at radius 3 is 3.00 bits per heavy atom. The zero-order valence-corrected chi connectivity index (χ0v) is 12.8. The molecule has 4 nitrogen and oxygen atoms in total. The van der Waals surface area contributed by atoms with E-state index in [-0.39, 0.29) is 0 Å². The van der Waals surface area contributed by atoms with Gasteiger partial charge in [0, 0.05) is 31.7 Å². The van der Waals surface area contributed by atoms with E-state index in [0.29, 0.717) is 5.95 Å². The molecule has 2 heterocycles. The van der Waals surface area contributed by atoms with E-state index in [1.807, 2.05) is 14.1 Å². The Morgan fingerprint density at radius 2 is 2.33 bits per heavy atom. The van der Waals surface area contributed by atoms with Gasteiger partial charge in [0.1, 0.15) is 5.82 Å². The van der Waals surface area contributed by atoms with Gasteiger partial charge in [-0.1, -0.05) is 6.07 Å². The fourth-order valence-electron chi connectivity index (χ4n) is 1.58. The number of hydrogen-bond donors (Lipinski definition) is 1.